The molecule has 0 aliphatic carbocycles. The van der Waals surface area contributed by atoms with Crippen LogP contribution in [-0.2, 0) is 19.2 Å². The fourth-order valence-corrected chi connectivity index (χ4v) is 1.10. The third kappa shape index (κ3) is 2.41. The van der Waals surface area contributed by atoms with Crippen molar-refractivity contribution in [3.8, 4) is 0 Å². The maximum absolute atomic E-state index is 12.8. The highest BCUT2D eigenvalue weighted by molar-refractivity contribution is 6.01. The molecule has 0 aromatic carbocycles. The van der Waals surface area contributed by atoms with E-state index in [1.807, 2.05) is 0 Å². The molecule has 1 fully saturated rings. The van der Waals surface area contributed by atoms with Crippen LogP contribution in [0.15, 0.2) is 0 Å². The molecule has 0 unspecified atom stereocenters. The Hall–Kier alpha value is -1.88. The van der Waals surface area contributed by atoms with Gasteiger partial charge in [0.1, 0.15) is 0 Å². The van der Waals surface area contributed by atoms with Crippen LogP contribution in [0.5, 0.6) is 0 Å². The number of halogens is 7. The van der Waals surface area contributed by atoms with E-state index in [1.165, 1.54) is 0 Å². The summed E-state index contributed by atoms with van der Waals surface area (Å²) in [7, 11) is 0. The van der Waals surface area contributed by atoms with E-state index in [9.17, 15) is 45.1 Å². The summed E-state index contributed by atoms with van der Waals surface area (Å²) in [5.41, 5.74) is 0. The van der Waals surface area contributed by atoms with Crippen molar-refractivity contribution in [1.82, 2.24) is 5.06 Å². The summed E-state index contributed by atoms with van der Waals surface area (Å²) >= 11 is 0. The number of nitrogens with zero attached hydrogens (tertiary/aromatic N) is 1. The number of amides is 2. The molecule has 20 heavy (non-hydrogen) atoms. The van der Waals surface area contributed by atoms with Crippen LogP contribution in [0.2, 0.25) is 0 Å². The molecule has 1 aliphatic rings. The van der Waals surface area contributed by atoms with Crippen molar-refractivity contribution in [3.05, 3.63) is 0 Å². The molecular weight excluding hydrogens is 307 g/mol. The summed E-state index contributed by atoms with van der Waals surface area (Å²) in [6, 6.07) is 0. The van der Waals surface area contributed by atoms with Gasteiger partial charge in [-0.1, -0.05) is 0 Å². The second-order valence-electron chi connectivity index (χ2n) is 3.61. The summed E-state index contributed by atoms with van der Waals surface area (Å²) in [6.45, 7) is 0. The summed E-state index contributed by atoms with van der Waals surface area (Å²) in [6.07, 6.45) is -7.82. The number of carbonyl (C=O) groups excluding carboxylic acids is 3. The van der Waals surface area contributed by atoms with E-state index >= 15 is 0 Å². The number of hydrogen-bond donors (Lipinski definition) is 0. The van der Waals surface area contributed by atoms with Gasteiger partial charge in [0.2, 0.25) is 0 Å². The van der Waals surface area contributed by atoms with Gasteiger partial charge in [0, 0.05) is 12.8 Å². The average molecular weight is 311 g/mol. The Morgan fingerprint density at radius 2 is 1.35 bits per heavy atom. The van der Waals surface area contributed by atoms with Crippen molar-refractivity contribution in [2.75, 3.05) is 0 Å². The maximum atomic E-state index is 12.8. The van der Waals surface area contributed by atoms with Crippen LogP contribution in [0.4, 0.5) is 30.7 Å². The first-order chi connectivity index (χ1) is 8.82. The normalized spacial score (nSPS) is 17.6. The molecule has 5 nitrogen and oxygen atoms in total. The van der Waals surface area contributed by atoms with Crippen molar-refractivity contribution in [3.63, 3.8) is 0 Å². The van der Waals surface area contributed by atoms with E-state index in [1.54, 1.807) is 0 Å². The van der Waals surface area contributed by atoms with Gasteiger partial charge in [-0.15, -0.1) is 5.06 Å². The van der Waals surface area contributed by atoms with Gasteiger partial charge in [0.25, 0.3) is 11.8 Å². The third-order valence-corrected chi connectivity index (χ3v) is 2.19. The van der Waals surface area contributed by atoms with Gasteiger partial charge >= 0.3 is 24.0 Å². The lowest BCUT2D eigenvalue weighted by atomic mass is 10.1. The van der Waals surface area contributed by atoms with Crippen molar-refractivity contribution in [1.29, 1.82) is 0 Å². The van der Waals surface area contributed by atoms with Crippen LogP contribution >= 0.6 is 0 Å². The molecule has 0 aromatic rings. The maximum Gasteiger partial charge on any atom is 0.460 e. The molecule has 0 aromatic heterocycles. The molecule has 0 bridgehead atoms. The second kappa shape index (κ2) is 4.59. The average Bonchev–Trinajstić information content (AvgIpc) is 2.58. The Morgan fingerprint density at radius 1 is 0.950 bits per heavy atom. The summed E-state index contributed by atoms with van der Waals surface area (Å²) in [5, 5.41) is -0.567. The molecule has 0 saturated carbocycles. The highest BCUT2D eigenvalue weighted by Crippen LogP contribution is 2.47. The van der Waals surface area contributed by atoms with Crippen molar-refractivity contribution in [2.24, 2.45) is 0 Å². The van der Waals surface area contributed by atoms with E-state index in [4.69, 9.17) is 0 Å². The molecule has 1 saturated heterocycles. The second-order valence-corrected chi connectivity index (χ2v) is 3.61. The number of hydroxylamine groups is 2. The molecule has 0 atom stereocenters. The van der Waals surface area contributed by atoms with Gasteiger partial charge in [-0.3, -0.25) is 9.59 Å². The van der Waals surface area contributed by atoms with E-state index in [0.717, 1.165) is 0 Å². The van der Waals surface area contributed by atoms with Crippen LogP contribution in [0.25, 0.3) is 0 Å². The molecule has 1 aliphatic heterocycles. The third-order valence-electron chi connectivity index (χ3n) is 2.19. The van der Waals surface area contributed by atoms with Crippen LogP contribution in [0.3, 0.4) is 0 Å². The molecule has 1 rings (SSSR count). The highest BCUT2D eigenvalue weighted by Gasteiger charge is 2.77. The predicted molar refractivity (Wildman–Crippen MR) is 43.1 cm³/mol. The van der Waals surface area contributed by atoms with Crippen LogP contribution in [0.1, 0.15) is 12.8 Å². The predicted octanol–water partition coefficient (Wildman–Crippen LogP) is 1.43. The molecule has 0 spiro atoms. The standard InChI is InChI=1S/C8H4F7NO4/c9-6(10,7(11,12)8(13,14)15)5(19)20-16-3(17)1-2-4(16)18/h1-2H2. The number of alkyl halides is 7. The lowest BCUT2D eigenvalue weighted by Crippen LogP contribution is -2.57. The number of rotatable bonds is 3. The van der Waals surface area contributed by atoms with E-state index in [0.29, 0.717) is 0 Å². The molecule has 0 radical (unpaired) electrons. The SMILES string of the molecule is O=C1CCC(=O)N1OC(=O)C(F)(F)C(F)(F)C(F)(F)F. The summed E-state index contributed by atoms with van der Waals surface area (Å²) < 4.78 is 85.8. The molecule has 0 N–H and O–H groups in total. The van der Waals surface area contributed by atoms with Crippen molar-refractivity contribution >= 4 is 17.8 Å². The van der Waals surface area contributed by atoms with Gasteiger partial charge in [-0.05, 0) is 0 Å². The Morgan fingerprint density at radius 3 is 1.70 bits per heavy atom. The van der Waals surface area contributed by atoms with Crippen molar-refractivity contribution < 1.29 is 50.0 Å². The zero-order valence-electron chi connectivity index (χ0n) is 9.14. The van der Waals surface area contributed by atoms with Crippen LogP contribution in [0, 0.1) is 0 Å². The minimum absolute atomic E-state index is 0.548. The van der Waals surface area contributed by atoms with Crippen molar-refractivity contribution in [2.45, 2.75) is 30.9 Å². The number of imide groups is 1. The zero-order chi connectivity index (χ0) is 15.9. The van der Waals surface area contributed by atoms with Gasteiger partial charge in [-0.2, -0.15) is 30.7 Å². The first-order valence-corrected chi connectivity index (χ1v) is 4.73. The smallest absolute Gasteiger partial charge is 0.324 e. The highest BCUT2D eigenvalue weighted by atomic mass is 19.4. The largest absolute Gasteiger partial charge is 0.460 e. The Balaban J connectivity index is 2.96. The minimum atomic E-state index is -6.73. The number of carbonyl (C=O) groups is 3. The quantitative estimate of drug-likeness (QED) is 0.584. The van der Waals surface area contributed by atoms with Gasteiger partial charge in [0.05, 0.1) is 0 Å². The number of hydrogen-bond acceptors (Lipinski definition) is 4. The molecule has 12 heteroatoms. The zero-order valence-corrected chi connectivity index (χ0v) is 9.14. The van der Waals surface area contributed by atoms with E-state index in [2.05, 4.69) is 4.84 Å². The fraction of sp³-hybridized carbons (Fsp3) is 0.625. The Labute approximate surface area is 105 Å². The molecule has 114 valence electrons. The lowest BCUT2D eigenvalue weighted by Gasteiger charge is -2.27. The van der Waals surface area contributed by atoms with Gasteiger partial charge in [-0.25, -0.2) is 4.79 Å². The molecular formula is C8H4F7NO4. The first-order valence-electron chi connectivity index (χ1n) is 4.73. The van der Waals surface area contributed by atoms with Crippen LogP contribution < -0.4 is 0 Å². The summed E-state index contributed by atoms with van der Waals surface area (Å²) in [5.74, 6) is -19.0. The Kier molecular flexibility index (Phi) is 3.72. The first kappa shape index (κ1) is 16.2. The van der Waals surface area contributed by atoms with E-state index < -0.39 is 53.7 Å². The monoisotopic (exact) mass is 311 g/mol. The molecule has 1 heterocycles. The molecule has 2 amide bonds. The summed E-state index contributed by atoms with van der Waals surface area (Å²) in [4.78, 5) is 35.8. The topological polar surface area (TPSA) is 63.7 Å². The van der Waals surface area contributed by atoms with Gasteiger partial charge < -0.3 is 4.84 Å². The fourth-order valence-electron chi connectivity index (χ4n) is 1.10. The van der Waals surface area contributed by atoms with Crippen LogP contribution in [-0.4, -0.2) is 40.9 Å². The van der Waals surface area contributed by atoms with Gasteiger partial charge in [0.15, 0.2) is 0 Å². The van der Waals surface area contributed by atoms with E-state index in [-0.39, 0.29) is 0 Å². The minimum Gasteiger partial charge on any atom is -0.324 e. The lowest BCUT2D eigenvalue weighted by molar-refractivity contribution is -0.351. The Bertz CT molecular complexity index is 442.